The Morgan fingerprint density at radius 2 is 2.32 bits per heavy atom. The van der Waals surface area contributed by atoms with Gasteiger partial charge in [-0.05, 0) is 29.9 Å². The number of carboxylic acids is 1. The third-order valence-electron chi connectivity index (χ3n) is 2.55. The van der Waals surface area contributed by atoms with Crippen molar-refractivity contribution in [1.82, 2.24) is 5.32 Å². The van der Waals surface area contributed by atoms with E-state index in [1.807, 2.05) is 23.8 Å². The van der Waals surface area contributed by atoms with Crippen LogP contribution >= 0.6 is 23.1 Å². The molecule has 1 aromatic rings. The van der Waals surface area contributed by atoms with E-state index in [0.717, 1.165) is 10.6 Å². The van der Waals surface area contributed by atoms with Gasteiger partial charge in [-0.2, -0.15) is 11.8 Å². The third kappa shape index (κ3) is 5.63. The van der Waals surface area contributed by atoms with Crippen molar-refractivity contribution in [3.63, 3.8) is 0 Å². The topological polar surface area (TPSA) is 92.4 Å². The standard InChI is InChI=1S/C12H18N2O3S2/c1-18-6-4-8(13)12(17)14-9(7-11(15)16)10-3-2-5-19-10/h2-3,5,8-9H,4,6-7,13H2,1H3,(H,14,17)(H,15,16)/t8-,9?/m1/s1. The van der Waals surface area contributed by atoms with Gasteiger partial charge in [-0.25, -0.2) is 0 Å². The molecule has 1 heterocycles. The molecule has 1 rings (SSSR count). The van der Waals surface area contributed by atoms with Gasteiger partial charge in [0.25, 0.3) is 0 Å². The van der Waals surface area contributed by atoms with Gasteiger partial charge in [0.05, 0.1) is 18.5 Å². The Morgan fingerprint density at radius 3 is 2.84 bits per heavy atom. The first-order valence-electron chi connectivity index (χ1n) is 5.84. The van der Waals surface area contributed by atoms with Crippen LogP contribution in [-0.4, -0.2) is 35.0 Å². The normalized spacial score (nSPS) is 13.8. The average Bonchev–Trinajstić information content (AvgIpc) is 2.88. The molecule has 0 aromatic carbocycles. The molecule has 0 aliphatic rings. The first kappa shape index (κ1) is 16.0. The van der Waals surface area contributed by atoms with E-state index >= 15 is 0 Å². The van der Waals surface area contributed by atoms with E-state index in [1.165, 1.54) is 11.3 Å². The number of carboxylic acid groups (broad SMARTS) is 1. The zero-order valence-corrected chi connectivity index (χ0v) is 12.3. The molecule has 0 fully saturated rings. The molecule has 0 aliphatic carbocycles. The number of amides is 1. The second-order valence-corrected chi connectivity index (χ2v) is 6.03. The molecule has 0 saturated carbocycles. The minimum Gasteiger partial charge on any atom is -0.481 e. The van der Waals surface area contributed by atoms with Crippen molar-refractivity contribution in [3.8, 4) is 0 Å². The molecule has 0 spiro atoms. The highest BCUT2D eigenvalue weighted by Gasteiger charge is 2.22. The molecule has 0 aliphatic heterocycles. The van der Waals surface area contributed by atoms with E-state index in [4.69, 9.17) is 10.8 Å². The summed E-state index contributed by atoms with van der Waals surface area (Å²) in [5, 5.41) is 13.5. The van der Waals surface area contributed by atoms with Crippen LogP contribution in [0.3, 0.4) is 0 Å². The minimum atomic E-state index is -0.948. The van der Waals surface area contributed by atoms with Gasteiger partial charge in [0, 0.05) is 4.88 Å². The van der Waals surface area contributed by atoms with E-state index in [1.54, 1.807) is 11.8 Å². The molecule has 2 atom stereocenters. The summed E-state index contributed by atoms with van der Waals surface area (Å²) in [6, 6.07) is 2.54. The second-order valence-electron chi connectivity index (χ2n) is 4.06. The minimum absolute atomic E-state index is 0.137. The van der Waals surface area contributed by atoms with E-state index in [2.05, 4.69) is 5.32 Å². The fraction of sp³-hybridized carbons (Fsp3) is 0.500. The Balaban J connectivity index is 2.62. The SMILES string of the molecule is CSCC[C@@H](N)C(=O)NC(CC(=O)O)c1cccs1. The van der Waals surface area contributed by atoms with Crippen LogP contribution < -0.4 is 11.1 Å². The van der Waals surface area contributed by atoms with Crippen molar-refractivity contribution in [2.75, 3.05) is 12.0 Å². The highest BCUT2D eigenvalue weighted by molar-refractivity contribution is 7.98. The summed E-state index contributed by atoms with van der Waals surface area (Å²) in [5.41, 5.74) is 5.77. The predicted octanol–water partition coefficient (Wildman–Crippen LogP) is 1.46. The fourth-order valence-electron chi connectivity index (χ4n) is 1.54. The van der Waals surface area contributed by atoms with Crippen molar-refractivity contribution >= 4 is 35.0 Å². The molecule has 0 bridgehead atoms. The molecule has 1 aromatic heterocycles. The van der Waals surface area contributed by atoms with E-state index < -0.39 is 18.1 Å². The fourth-order valence-corrected chi connectivity index (χ4v) is 2.81. The monoisotopic (exact) mass is 302 g/mol. The molecule has 0 saturated heterocycles. The van der Waals surface area contributed by atoms with Crippen molar-refractivity contribution in [1.29, 1.82) is 0 Å². The first-order chi connectivity index (χ1) is 9.04. The highest BCUT2D eigenvalue weighted by Crippen LogP contribution is 2.22. The second kappa shape index (κ2) is 8.19. The number of rotatable bonds is 8. The summed E-state index contributed by atoms with van der Waals surface area (Å²) in [6.45, 7) is 0. The van der Waals surface area contributed by atoms with Crippen molar-refractivity contribution < 1.29 is 14.7 Å². The maximum Gasteiger partial charge on any atom is 0.305 e. The summed E-state index contributed by atoms with van der Waals surface area (Å²) in [4.78, 5) is 23.6. The highest BCUT2D eigenvalue weighted by atomic mass is 32.2. The van der Waals surface area contributed by atoms with Gasteiger partial charge in [-0.3, -0.25) is 9.59 Å². The number of thiophene rings is 1. The molecule has 0 radical (unpaired) electrons. The van der Waals surface area contributed by atoms with Gasteiger partial charge < -0.3 is 16.2 Å². The quantitative estimate of drug-likeness (QED) is 0.676. The van der Waals surface area contributed by atoms with E-state index in [9.17, 15) is 9.59 Å². The lowest BCUT2D eigenvalue weighted by atomic mass is 10.1. The zero-order valence-electron chi connectivity index (χ0n) is 10.7. The molecule has 1 unspecified atom stereocenters. The van der Waals surface area contributed by atoms with Crippen LogP contribution in [-0.2, 0) is 9.59 Å². The molecule has 19 heavy (non-hydrogen) atoms. The average molecular weight is 302 g/mol. The lowest BCUT2D eigenvalue weighted by molar-refractivity contribution is -0.137. The van der Waals surface area contributed by atoms with Crippen LogP contribution in [0, 0.1) is 0 Å². The number of nitrogens with one attached hydrogen (secondary N) is 1. The van der Waals surface area contributed by atoms with Crippen LogP contribution in [0.25, 0.3) is 0 Å². The molecule has 7 heteroatoms. The van der Waals surface area contributed by atoms with Gasteiger partial charge in [0.15, 0.2) is 0 Å². The largest absolute Gasteiger partial charge is 0.481 e. The maximum atomic E-state index is 11.9. The van der Waals surface area contributed by atoms with Crippen LogP contribution in [0.4, 0.5) is 0 Å². The first-order valence-corrected chi connectivity index (χ1v) is 8.12. The Kier molecular flexibility index (Phi) is 6.90. The van der Waals surface area contributed by atoms with Crippen molar-refractivity contribution in [2.24, 2.45) is 5.73 Å². The number of carbonyl (C=O) groups excluding carboxylic acids is 1. The van der Waals surface area contributed by atoms with E-state index in [-0.39, 0.29) is 12.3 Å². The van der Waals surface area contributed by atoms with Crippen LogP contribution in [0.5, 0.6) is 0 Å². The van der Waals surface area contributed by atoms with Crippen LogP contribution in [0.15, 0.2) is 17.5 Å². The molecule has 106 valence electrons. The van der Waals surface area contributed by atoms with Gasteiger partial charge >= 0.3 is 5.97 Å². The number of aliphatic carboxylic acids is 1. The summed E-state index contributed by atoms with van der Waals surface area (Å²) in [6.07, 6.45) is 2.39. The lowest BCUT2D eigenvalue weighted by Gasteiger charge is -2.18. The molecule has 4 N–H and O–H groups in total. The van der Waals surface area contributed by atoms with Gasteiger partial charge in [0.1, 0.15) is 0 Å². The Labute approximate surface area is 120 Å². The molecule has 5 nitrogen and oxygen atoms in total. The predicted molar refractivity (Wildman–Crippen MR) is 78.4 cm³/mol. The van der Waals surface area contributed by atoms with Crippen molar-refractivity contribution in [3.05, 3.63) is 22.4 Å². The molecular formula is C12H18N2O3S2. The Hall–Kier alpha value is -1.05. The molecular weight excluding hydrogens is 284 g/mol. The summed E-state index contributed by atoms with van der Waals surface area (Å²) >= 11 is 3.04. The summed E-state index contributed by atoms with van der Waals surface area (Å²) in [7, 11) is 0. The molecule has 1 amide bonds. The lowest BCUT2D eigenvalue weighted by Crippen LogP contribution is -2.42. The van der Waals surface area contributed by atoms with Gasteiger partial charge in [-0.1, -0.05) is 6.07 Å². The maximum absolute atomic E-state index is 11.9. The summed E-state index contributed by atoms with van der Waals surface area (Å²) in [5.74, 6) is -0.443. The number of nitrogens with two attached hydrogens (primary N) is 1. The number of carbonyl (C=O) groups is 2. The summed E-state index contributed by atoms with van der Waals surface area (Å²) < 4.78 is 0. The van der Waals surface area contributed by atoms with Gasteiger partial charge in [-0.15, -0.1) is 11.3 Å². The van der Waals surface area contributed by atoms with E-state index in [0.29, 0.717) is 6.42 Å². The Morgan fingerprint density at radius 1 is 1.58 bits per heavy atom. The third-order valence-corrected chi connectivity index (χ3v) is 4.18. The van der Waals surface area contributed by atoms with Crippen LogP contribution in [0.2, 0.25) is 0 Å². The van der Waals surface area contributed by atoms with Crippen molar-refractivity contribution in [2.45, 2.75) is 24.9 Å². The number of hydrogen-bond acceptors (Lipinski definition) is 5. The van der Waals surface area contributed by atoms with Gasteiger partial charge in [0.2, 0.25) is 5.91 Å². The smallest absolute Gasteiger partial charge is 0.305 e. The number of thioether (sulfide) groups is 1. The zero-order chi connectivity index (χ0) is 14.3. The Bertz CT molecular complexity index is 409. The van der Waals surface area contributed by atoms with Crippen LogP contribution in [0.1, 0.15) is 23.8 Å². The number of hydrogen-bond donors (Lipinski definition) is 3.